The highest BCUT2D eigenvalue weighted by Crippen LogP contribution is 2.28. The Kier molecular flexibility index (Phi) is 5.01. The minimum Gasteiger partial charge on any atom is -0.268 e. The van der Waals surface area contributed by atoms with E-state index in [4.69, 9.17) is 0 Å². The van der Waals surface area contributed by atoms with Crippen molar-refractivity contribution in [2.75, 3.05) is 13.1 Å². The van der Waals surface area contributed by atoms with E-state index in [0.717, 1.165) is 11.1 Å². The molecule has 2 rings (SSSR count). The number of rotatable bonds is 5. The van der Waals surface area contributed by atoms with Crippen LogP contribution < -0.4 is 5.56 Å². The number of hydrogen-bond acceptors (Lipinski definition) is 4. The van der Waals surface area contributed by atoms with E-state index in [2.05, 4.69) is 10.2 Å². The first-order valence-corrected chi connectivity index (χ1v) is 8.92. The van der Waals surface area contributed by atoms with Gasteiger partial charge in [0.2, 0.25) is 10.0 Å². The molecule has 0 bridgehead atoms. The van der Waals surface area contributed by atoms with Gasteiger partial charge < -0.3 is 0 Å². The lowest BCUT2D eigenvalue weighted by atomic mass is 10.0. The normalized spacial score (nSPS) is 11.9. The van der Waals surface area contributed by atoms with E-state index < -0.39 is 10.0 Å². The van der Waals surface area contributed by atoms with Crippen LogP contribution in [0.3, 0.4) is 0 Å². The highest BCUT2D eigenvalue weighted by Gasteiger charge is 2.25. The van der Waals surface area contributed by atoms with Gasteiger partial charge in [-0.25, -0.2) is 13.5 Å². The Hall–Kier alpha value is -1.99. The van der Waals surface area contributed by atoms with Gasteiger partial charge in [0.05, 0.1) is 10.6 Å². The summed E-state index contributed by atoms with van der Waals surface area (Å²) in [6, 6.07) is 6.45. The molecule has 0 atom stereocenters. The van der Waals surface area contributed by atoms with Gasteiger partial charge in [0, 0.05) is 24.7 Å². The van der Waals surface area contributed by atoms with Gasteiger partial charge in [-0.15, -0.1) is 0 Å². The van der Waals surface area contributed by atoms with Gasteiger partial charge in [0.1, 0.15) is 0 Å². The molecule has 1 heterocycles. The molecule has 1 aromatic carbocycles. The lowest BCUT2D eigenvalue weighted by Crippen LogP contribution is -2.31. The summed E-state index contributed by atoms with van der Waals surface area (Å²) in [5.41, 5.74) is 2.48. The van der Waals surface area contributed by atoms with Crippen molar-refractivity contribution in [3.05, 3.63) is 45.7 Å². The topological polar surface area (TPSA) is 83.1 Å². The van der Waals surface area contributed by atoms with Crippen molar-refractivity contribution in [2.24, 2.45) is 0 Å². The average molecular weight is 335 g/mol. The van der Waals surface area contributed by atoms with Crippen LogP contribution in [0, 0.1) is 13.8 Å². The van der Waals surface area contributed by atoms with Crippen LogP contribution in [-0.2, 0) is 10.0 Å². The molecular formula is C16H21N3O3S. The Morgan fingerprint density at radius 1 is 1.13 bits per heavy atom. The molecule has 0 unspecified atom stereocenters. The second-order valence-corrected chi connectivity index (χ2v) is 7.22. The maximum absolute atomic E-state index is 12.9. The van der Waals surface area contributed by atoms with Gasteiger partial charge in [0.15, 0.2) is 0 Å². The Morgan fingerprint density at radius 2 is 1.78 bits per heavy atom. The smallest absolute Gasteiger partial charge is 0.264 e. The molecule has 6 nitrogen and oxygen atoms in total. The number of nitrogens with one attached hydrogen (secondary N) is 1. The molecule has 0 amide bonds. The van der Waals surface area contributed by atoms with Crippen molar-refractivity contribution < 1.29 is 8.42 Å². The van der Waals surface area contributed by atoms with Crippen molar-refractivity contribution in [1.82, 2.24) is 14.5 Å². The van der Waals surface area contributed by atoms with E-state index in [9.17, 15) is 13.2 Å². The number of H-pyrrole nitrogens is 1. The molecule has 0 aliphatic heterocycles. The predicted octanol–water partition coefficient (Wildman–Crippen LogP) is 2.08. The number of aromatic nitrogens is 2. The molecule has 0 saturated heterocycles. The van der Waals surface area contributed by atoms with E-state index in [1.54, 1.807) is 19.1 Å². The fraction of sp³-hybridized carbons (Fsp3) is 0.375. The zero-order valence-corrected chi connectivity index (χ0v) is 14.6. The van der Waals surface area contributed by atoms with E-state index in [0.29, 0.717) is 24.3 Å². The molecule has 0 aliphatic rings. The molecule has 0 spiro atoms. The number of hydrogen-bond donors (Lipinski definition) is 1. The zero-order valence-electron chi connectivity index (χ0n) is 13.8. The van der Waals surface area contributed by atoms with Crippen molar-refractivity contribution >= 4 is 10.0 Å². The van der Waals surface area contributed by atoms with Gasteiger partial charge in [0.25, 0.3) is 5.56 Å². The van der Waals surface area contributed by atoms with Crippen LogP contribution in [0.1, 0.15) is 25.0 Å². The third-order valence-electron chi connectivity index (χ3n) is 3.92. The standard InChI is InChI=1S/C16H21N3O3S/c1-5-19(6-2)23(21,22)15-10-13(9-11(3)12(15)4)14-7-8-16(20)18-17-14/h7-10H,5-6H2,1-4H3,(H,18,20). The molecule has 2 aromatic rings. The first-order chi connectivity index (χ1) is 10.8. The summed E-state index contributed by atoms with van der Waals surface area (Å²) in [6.45, 7) is 8.13. The zero-order chi connectivity index (χ0) is 17.2. The number of sulfonamides is 1. The first kappa shape index (κ1) is 17.4. The Morgan fingerprint density at radius 3 is 2.30 bits per heavy atom. The van der Waals surface area contributed by atoms with Gasteiger partial charge in [-0.1, -0.05) is 13.8 Å². The van der Waals surface area contributed by atoms with Crippen LogP contribution in [0.25, 0.3) is 11.3 Å². The van der Waals surface area contributed by atoms with Crippen LogP contribution in [-0.4, -0.2) is 36.0 Å². The fourth-order valence-electron chi connectivity index (χ4n) is 2.45. The molecule has 1 aromatic heterocycles. The third-order valence-corrected chi connectivity index (χ3v) is 6.09. The quantitative estimate of drug-likeness (QED) is 0.907. The monoisotopic (exact) mass is 335 g/mol. The van der Waals surface area contributed by atoms with Crippen molar-refractivity contribution in [2.45, 2.75) is 32.6 Å². The van der Waals surface area contributed by atoms with Crippen LogP contribution in [0.5, 0.6) is 0 Å². The number of aryl methyl sites for hydroxylation is 1. The largest absolute Gasteiger partial charge is 0.268 e. The molecule has 23 heavy (non-hydrogen) atoms. The number of aromatic amines is 1. The van der Waals surface area contributed by atoms with E-state index in [1.165, 1.54) is 10.4 Å². The van der Waals surface area contributed by atoms with Crippen LogP contribution in [0.4, 0.5) is 0 Å². The molecule has 0 fully saturated rings. The summed E-state index contributed by atoms with van der Waals surface area (Å²) in [7, 11) is -3.56. The lowest BCUT2D eigenvalue weighted by Gasteiger charge is -2.21. The third kappa shape index (κ3) is 3.35. The summed E-state index contributed by atoms with van der Waals surface area (Å²) in [6.07, 6.45) is 0. The van der Waals surface area contributed by atoms with E-state index in [1.807, 2.05) is 26.8 Å². The molecule has 0 saturated carbocycles. The molecule has 7 heteroatoms. The number of benzene rings is 1. The summed E-state index contributed by atoms with van der Waals surface area (Å²) >= 11 is 0. The summed E-state index contributed by atoms with van der Waals surface area (Å²) in [4.78, 5) is 11.4. The highest BCUT2D eigenvalue weighted by molar-refractivity contribution is 7.89. The summed E-state index contributed by atoms with van der Waals surface area (Å²) in [5, 5.41) is 6.35. The maximum atomic E-state index is 12.9. The minimum atomic E-state index is -3.56. The van der Waals surface area contributed by atoms with Crippen molar-refractivity contribution in [3.8, 4) is 11.3 Å². The van der Waals surface area contributed by atoms with Crippen molar-refractivity contribution in [1.29, 1.82) is 0 Å². The molecule has 124 valence electrons. The van der Waals surface area contributed by atoms with Crippen molar-refractivity contribution in [3.63, 3.8) is 0 Å². The van der Waals surface area contributed by atoms with Gasteiger partial charge in [-0.05, 0) is 43.2 Å². The second kappa shape index (κ2) is 6.64. The lowest BCUT2D eigenvalue weighted by molar-refractivity contribution is 0.445. The molecular weight excluding hydrogens is 314 g/mol. The minimum absolute atomic E-state index is 0.282. The summed E-state index contributed by atoms with van der Waals surface area (Å²) in [5.74, 6) is 0. The SMILES string of the molecule is CCN(CC)S(=O)(=O)c1cc(-c2ccc(=O)[nH]n2)cc(C)c1C. The predicted molar refractivity (Wildman–Crippen MR) is 89.9 cm³/mol. The fourth-order valence-corrected chi connectivity index (χ4v) is 4.23. The van der Waals surface area contributed by atoms with Gasteiger partial charge in [-0.2, -0.15) is 9.40 Å². The van der Waals surface area contributed by atoms with E-state index >= 15 is 0 Å². The maximum Gasteiger partial charge on any atom is 0.264 e. The Labute approximate surface area is 136 Å². The average Bonchev–Trinajstić information content (AvgIpc) is 2.51. The number of nitrogens with zero attached hydrogens (tertiary/aromatic N) is 2. The molecule has 0 radical (unpaired) electrons. The molecule has 1 N–H and O–H groups in total. The summed E-state index contributed by atoms with van der Waals surface area (Å²) < 4.78 is 27.1. The van der Waals surface area contributed by atoms with E-state index in [-0.39, 0.29) is 10.5 Å². The Bertz CT molecular complexity index is 848. The van der Waals surface area contributed by atoms with Crippen LogP contribution in [0.2, 0.25) is 0 Å². The highest BCUT2D eigenvalue weighted by atomic mass is 32.2. The van der Waals surface area contributed by atoms with Gasteiger partial charge >= 0.3 is 0 Å². The van der Waals surface area contributed by atoms with Crippen LogP contribution >= 0.6 is 0 Å². The second-order valence-electron chi connectivity index (χ2n) is 5.31. The molecule has 0 aliphatic carbocycles. The van der Waals surface area contributed by atoms with Gasteiger partial charge in [-0.3, -0.25) is 4.79 Å². The first-order valence-electron chi connectivity index (χ1n) is 7.48. The van der Waals surface area contributed by atoms with Crippen LogP contribution in [0.15, 0.2) is 34.0 Å². The Balaban J connectivity index is 2.66.